The van der Waals surface area contributed by atoms with E-state index in [4.69, 9.17) is 4.74 Å². The summed E-state index contributed by atoms with van der Waals surface area (Å²) < 4.78 is 4.91. The van der Waals surface area contributed by atoms with Gasteiger partial charge in [0.2, 0.25) is 0 Å². The van der Waals surface area contributed by atoms with E-state index in [1.807, 2.05) is 30.3 Å². The second kappa shape index (κ2) is 4.45. The van der Waals surface area contributed by atoms with Gasteiger partial charge in [0, 0.05) is 0 Å². The number of carbonyl (C=O) groups is 2. The van der Waals surface area contributed by atoms with Gasteiger partial charge in [0.15, 0.2) is 0 Å². The van der Waals surface area contributed by atoms with Crippen molar-refractivity contribution in [2.24, 2.45) is 0 Å². The van der Waals surface area contributed by atoms with Crippen molar-refractivity contribution in [2.45, 2.75) is 25.0 Å². The van der Waals surface area contributed by atoms with Crippen LogP contribution in [0.1, 0.15) is 18.4 Å². The zero-order chi connectivity index (χ0) is 12.3. The zero-order valence-corrected chi connectivity index (χ0v) is 9.14. The molecule has 0 radical (unpaired) electrons. The Bertz CT molecular complexity index is 425. The fourth-order valence-corrected chi connectivity index (χ4v) is 1.46. The first-order chi connectivity index (χ1) is 8.12. The Morgan fingerprint density at radius 2 is 1.94 bits per heavy atom. The first kappa shape index (κ1) is 11.4. The number of nitrogens with one attached hydrogen (secondary N) is 1. The van der Waals surface area contributed by atoms with E-state index < -0.39 is 17.6 Å². The molecule has 0 heterocycles. The van der Waals surface area contributed by atoms with Crippen molar-refractivity contribution in [3.05, 3.63) is 35.9 Å². The van der Waals surface area contributed by atoms with Crippen LogP contribution < -0.4 is 10.4 Å². The molecule has 1 aliphatic carbocycles. The molecule has 0 atom stereocenters. The summed E-state index contributed by atoms with van der Waals surface area (Å²) in [6.45, 7) is 0.121. The highest BCUT2D eigenvalue weighted by Crippen LogP contribution is 2.34. The molecule has 5 heteroatoms. The van der Waals surface area contributed by atoms with Crippen molar-refractivity contribution in [3.8, 4) is 0 Å². The highest BCUT2D eigenvalue weighted by atomic mass is 16.5. The number of carbonyl (C=O) groups excluding carboxylic acids is 2. The largest absolute Gasteiger partial charge is 0.548 e. The highest BCUT2D eigenvalue weighted by molar-refractivity contribution is 5.85. The highest BCUT2D eigenvalue weighted by Gasteiger charge is 2.46. The summed E-state index contributed by atoms with van der Waals surface area (Å²) in [7, 11) is 0. The van der Waals surface area contributed by atoms with Crippen molar-refractivity contribution in [3.63, 3.8) is 0 Å². The molecule has 0 unspecified atom stereocenters. The predicted molar refractivity (Wildman–Crippen MR) is 56.7 cm³/mol. The van der Waals surface area contributed by atoms with Crippen molar-refractivity contribution in [1.29, 1.82) is 0 Å². The number of ether oxygens (including phenoxy) is 1. The summed E-state index contributed by atoms with van der Waals surface area (Å²) in [5, 5.41) is 13.0. The lowest BCUT2D eigenvalue weighted by Crippen LogP contribution is -2.50. The summed E-state index contributed by atoms with van der Waals surface area (Å²) in [5.74, 6) is -1.26. The van der Waals surface area contributed by atoms with Crippen molar-refractivity contribution in [1.82, 2.24) is 5.32 Å². The fraction of sp³-hybridized carbons (Fsp3) is 0.333. The SMILES string of the molecule is O=C(NC1(C(=O)[O-])CC1)OCc1ccccc1. The number of alkyl carbamates (subject to hydrolysis) is 1. The normalized spacial score (nSPS) is 16.0. The molecule has 90 valence electrons. The minimum Gasteiger partial charge on any atom is -0.548 e. The fourth-order valence-electron chi connectivity index (χ4n) is 1.46. The Hall–Kier alpha value is -2.04. The van der Waals surface area contributed by atoms with E-state index in [0.717, 1.165) is 5.56 Å². The number of aliphatic carboxylic acids is 1. The summed E-state index contributed by atoms with van der Waals surface area (Å²) in [5.41, 5.74) is -0.353. The quantitative estimate of drug-likeness (QED) is 0.806. The number of carboxylic acids is 1. The van der Waals surface area contributed by atoms with Crippen LogP contribution in [0.15, 0.2) is 30.3 Å². The molecule has 1 aromatic rings. The average molecular weight is 234 g/mol. The molecular formula is C12H12NO4-. The maximum Gasteiger partial charge on any atom is 0.408 e. The zero-order valence-electron chi connectivity index (χ0n) is 9.14. The van der Waals surface area contributed by atoms with Crippen LogP contribution in [0.2, 0.25) is 0 Å². The van der Waals surface area contributed by atoms with Gasteiger partial charge in [0.1, 0.15) is 6.61 Å². The number of benzene rings is 1. The van der Waals surface area contributed by atoms with E-state index in [2.05, 4.69) is 5.32 Å². The number of carboxylic acid groups (broad SMARTS) is 1. The molecule has 0 saturated heterocycles. The van der Waals surface area contributed by atoms with Crippen molar-refractivity contribution in [2.75, 3.05) is 0 Å². The molecule has 1 fully saturated rings. The lowest BCUT2D eigenvalue weighted by Gasteiger charge is -2.17. The molecule has 0 bridgehead atoms. The maximum absolute atomic E-state index is 11.4. The Morgan fingerprint density at radius 1 is 1.29 bits per heavy atom. The Kier molecular flexibility index (Phi) is 2.99. The maximum atomic E-state index is 11.4. The molecule has 0 aromatic heterocycles. The van der Waals surface area contributed by atoms with E-state index in [-0.39, 0.29) is 6.61 Å². The smallest absolute Gasteiger partial charge is 0.408 e. The summed E-state index contributed by atoms with van der Waals surface area (Å²) in [4.78, 5) is 22.1. The monoisotopic (exact) mass is 234 g/mol. The molecular weight excluding hydrogens is 222 g/mol. The Morgan fingerprint density at radius 3 is 2.47 bits per heavy atom. The molecule has 1 saturated carbocycles. The average Bonchev–Trinajstić information content (AvgIpc) is 3.09. The molecule has 5 nitrogen and oxygen atoms in total. The van der Waals surface area contributed by atoms with Crippen LogP contribution in [-0.4, -0.2) is 17.6 Å². The first-order valence-corrected chi connectivity index (χ1v) is 5.33. The third-order valence-electron chi connectivity index (χ3n) is 2.69. The second-order valence-corrected chi connectivity index (χ2v) is 4.06. The van der Waals surface area contributed by atoms with Crippen LogP contribution in [0.3, 0.4) is 0 Å². The Labute approximate surface area is 98.4 Å². The van der Waals surface area contributed by atoms with E-state index in [1.165, 1.54) is 0 Å². The van der Waals surface area contributed by atoms with Crippen LogP contribution in [0.5, 0.6) is 0 Å². The van der Waals surface area contributed by atoms with Crippen LogP contribution in [0.4, 0.5) is 4.79 Å². The number of rotatable bonds is 4. The Balaban J connectivity index is 1.81. The van der Waals surface area contributed by atoms with Gasteiger partial charge >= 0.3 is 6.09 Å². The van der Waals surface area contributed by atoms with Gasteiger partial charge in [-0.05, 0) is 18.4 Å². The summed E-state index contributed by atoms with van der Waals surface area (Å²) in [6.07, 6.45) is 0.0708. The molecule has 1 aliphatic rings. The molecule has 1 N–H and O–H groups in total. The molecule has 1 aromatic carbocycles. The molecule has 0 spiro atoms. The lowest BCUT2D eigenvalue weighted by molar-refractivity contribution is -0.309. The third kappa shape index (κ3) is 2.75. The van der Waals surface area contributed by atoms with Gasteiger partial charge in [-0.25, -0.2) is 4.79 Å². The van der Waals surface area contributed by atoms with Gasteiger partial charge < -0.3 is 20.0 Å². The van der Waals surface area contributed by atoms with Gasteiger partial charge in [-0.15, -0.1) is 0 Å². The van der Waals surface area contributed by atoms with Gasteiger partial charge in [-0.2, -0.15) is 0 Å². The second-order valence-electron chi connectivity index (χ2n) is 4.06. The molecule has 1 amide bonds. The molecule has 2 rings (SSSR count). The van der Waals surface area contributed by atoms with E-state index in [1.54, 1.807) is 0 Å². The topological polar surface area (TPSA) is 78.5 Å². The number of hydrogen-bond acceptors (Lipinski definition) is 4. The number of amides is 1. The lowest BCUT2D eigenvalue weighted by atomic mass is 10.2. The van der Waals surface area contributed by atoms with E-state index in [0.29, 0.717) is 12.8 Å². The van der Waals surface area contributed by atoms with Gasteiger partial charge in [0.25, 0.3) is 0 Å². The minimum absolute atomic E-state index is 0.121. The predicted octanol–water partition coefficient (Wildman–Crippen LogP) is 0.195. The van der Waals surface area contributed by atoms with Gasteiger partial charge in [0.05, 0.1) is 11.5 Å². The van der Waals surface area contributed by atoms with Crippen LogP contribution in [-0.2, 0) is 16.1 Å². The van der Waals surface area contributed by atoms with Gasteiger partial charge in [-0.3, -0.25) is 0 Å². The van der Waals surface area contributed by atoms with Crippen LogP contribution >= 0.6 is 0 Å². The van der Waals surface area contributed by atoms with Crippen LogP contribution in [0.25, 0.3) is 0 Å². The summed E-state index contributed by atoms with van der Waals surface area (Å²) >= 11 is 0. The summed E-state index contributed by atoms with van der Waals surface area (Å²) in [6, 6.07) is 9.16. The van der Waals surface area contributed by atoms with Crippen molar-refractivity contribution >= 4 is 12.1 Å². The standard InChI is InChI=1S/C12H13NO4/c14-10(15)12(6-7-12)13-11(16)17-8-9-4-2-1-3-5-9/h1-5H,6-8H2,(H,13,16)(H,14,15)/p-1. The molecule has 17 heavy (non-hydrogen) atoms. The van der Waals surface area contributed by atoms with Gasteiger partial charge in [-0.1, -0.05) is 30.3 Å². The third-order valence-corrected chi connectivity index (χ3v) is 2.69. The first-order valence-electron chi connectivity index (χ1n) is 5.33. The molecule has 0 aliphatic heterocycles. The van der Waals surface area contributed by atoms with E-state index >= 15 is 0 Å². The number of hydrogen-bond donors (Lipinski definition) is 1. The minimum atomic E-state index is -1.26. The van der Waals surface area contributed by atoms with E-state index in [9.17, 15) is 14.7 Å². The van der Waals surface area contributed by atoms with Crippen LogP contribution in [0, 0.1) is 0 Å². The van der Waals surface area contributed by atoms with Crippen molar-refractivity contribution < 1.29 is 19.4 Å².